The molecule has 0 radical (unpaired) electrons. The van der Waals surface area contributed by atoms with Crippen molar-refractivity contribution in [3.8, 4) is 0 Å². The maximum absolute atomic E-state index is 9.36. The molecular weight excluding hydrogens is 258 g/mol. The van der Waals surface area contributed by atoms with E-state index in [4.69, 9.17) is 4.74 Å². The van der Waals surface area contributed by atoms with Crippen LogP contribution in [-0.2, 0) is 14.3 Å². The van der Waals surface area contributed by atoms with Crippen molar-refractivity contribution in [1.82, 2.24) is 0 Å². The van der Waals surface area contributed by atoms with Gasteiger partial charge in [-0.15, -0.1) is 0 Å². The third-order valence-electron chi connectivity index (χ3n) is 2.97. The minimum absolute atomic E-state index is 0.319. The van der Waals surface area contributed by atoms with E-state index in [0.717, 1.165) is 17.8 Å². The van der Waals surface area contributed by atoms with Gasteiger partial charge in [-0.1, -0.05) is 26.7 Å². The van der Waals surface area contributed by atoms with Gasteiger partial charge >= 0.3 is 0 Å². The van der Waals surface area contributed by atoms with Crippen LogP contribution in [0.15, 0.2) is 0 Å². The maximum Gasteiger partial charge on any atom is 0.182 e. The number of methoxy groups -OCH3 is 1. The van der Waals surface area contributed by atoms with Gasteiger partial charge in [0.05, 0.1) is 32.7 Å². The van der Waals surface area contributed by atoms with Crippen LogP contribution in [0, 0.1) is 0 Å². The molecule has 0 atom stereocenters. The smallest absolute Gasteiger partial charge is 0.182 e. The third kappa shape index (κ3) is 15.4. The fraction of sp³-hybridized carbons (Fsp3) is 0.933. The van der Waals surface area contributed by atoms with Gasteiger partial charge in [-0.25, -0.2) is 0 Å². The molecule has 0 saturated carbocycles. The van der Waals surface area contributed by atoms with Crippen LogP contribution >= 0.6 is 0 Å². The average Bonchev–Trinajstić information content (AvgIpc) is 2.41. The maximum atomic E-state index is 9.36. The molecular formula is C15H33NO4. The quantitative estimate of drug-likeness (QED) is 0.426. The van der Waals surface area contributed by atoms with Gasteiger partial charge in [0.1, 0.15) is 0 Å². The van der Waals surface area contributed by atoms with E-state index >= 15 is 0 Å². The zero-order valence-corrected chi connectivity index (χ0v) is 13.9. The number of aliphatic carboxylic acids is 1. The molecule has 0 spiro atoms. The second-order valence-corrected chi connectivity index (χ2v) is 5.20. The number of carboxylic acids is 1. The molecule has 0 amide bonds. The molecule has 0 fully saturated rings. The lowest BCUT2D eigenvalue weighted by molar-refractivity contribution is -0.928. The highest BCUT2D eigenvalue weighted by molar-refractivity contribution is 5.65. The zero-order chi connectivity index (χ0) is 15.9. The topological polar surface area (TPSA) is 58.6 Å². The van der Waals surface area contributed by atoms with Crippen molar-refractivity contribution in [2.45, 2.75) is 46.5 Å². The predicted molar refractivity (Wildman–Crippen MR) is 79.1 cm³/mol. The summed E-state index contributed by atoms with van der Waals surface area (Å²) in [6.07, 6.45) is 5.19. The SMILES string of the molecule is CCCC[N+](C)(CCCC)COCC.COCC(=O)[O-]. The Bertz CT molecular complexity index is 200. The molecule has 0 aromatic rings. The van der Waals surface area contributed by atoms with Gasteiger partial charge in [-0.05, 0) is 19.8 Å². The van der Waals surface area contributed by atoms with E-state index in [0.29, 0.717) is 0 Å². The Labute approximate surface area is 124 Å². The first-order chi connectivity index (χ1) is 9.45. The Morgan fingerprint density at radius 1 is 1.10 bits per heavy atom. The van der Waals surface area contributed by atoms with Crippen LogP contribution in [0.2, 0.25) is 0 Å². The van der Waals surface area contributed by atoms with Gasteiger partial charge in [-0.2, -0.15) is 0 Å². The number of carbonyl (C=O) groups is 1. The van der Waals surface area contributed by atoms with Gasteiger partial charge in [0.2, 0.25) is 0 Å². The zero-order valence-electron chi connectivity index (χ0n) is 13.9. The molecule has 122 valence electrons. The van der Waals surface area contributed by atoms with Crippen molar-refractivity contribution >= 4 is 5.97 Å². The molecule has 5 heteroatoms. The molecule has 0 N–H and O–H groups in total. The molecule has 0 heterocycles. The van der Waals surface area contributed by atoms with Crippen LogP contribution in [0.4, 0.5) is 0 Å². The number of quaternary nitrogens is 1. The predicted octanol–water partition coefficient (Wildman–Crippen LogP) is 1.41. The highest BCUT2D eigenvalue weighted by Crippen LogP contribution is 2.08. The molecule has 20 heavy (non-hydrogen) atoms. The molecule has 5 nitrogen and oxygen atoms in total. The van der Waals surface area contributed by atoms with Crippen LogP contribution in [0.25, 0.3) is 0 Å². The number of carboxylic acid groups (broad SMARTS) is 1. The van der Waals surface area contributed by atoms with Crippen LogP contribution in [0.5, 0.6) is 0 Å². The summed E-state index contributed by atoms with van der Waals surface area (Å²) in [6.45, 7) is 10.5. The molecule has 0 aliphatic carbocycles. The highest BCUT2D eigenvalue weighted by atomic mass is 16.5. The second kappa shape index (κ2) is 14.8. The minimum atomic E-state index is -1.18. The van der Waals surface area contributed by atoms with E-state index < -0.39 is 5.97 Å². The van der Waals surface area contributed by atoms with Gasteiger partial charge in [0.25, 0.3) is 0 Å². The molecule has 0 saturated heterocycles. The number of carbonyl (C=O) groups excluding carboxylic acids is 1. The van der Waals surface area contributed by atoms with Crippen LogP contribution in [0.3, 0.4) is 0 Å². The van der Waals surface area contributed by atoms with E-state index in [1.807, 2.05) is 0 Å². The summed E-state index contributed by atoms with van der Waals surface area (Å²) in [5.74, 6) is -1.18. The van der Waals surface area contributed by atoms with E-state index in [1.54, 1.807) is 0 Å². The number of hydrogen-bond acceptors (Lipinski definition) is 4. The summed E-state index contributed by atoms with van der Waals surface area (Å²) < 4.78 is 10.8. The molecule has 0 aliphatic rings. The third-order valence-corrected chi connectivity index (χ3v) is 2.97. The number of rotatable bonds is 11. The Morgan fingerprint density at radius 2 is 1.60 bits per heavy atom. The molecule has 0 aromatic heterocycles. The van der Waals surface area contributed by atoms with E-state index in [-0.39, 0.29) is 6.61 Å². The summed E-state index contributed by atoms with van der Waals surface area (Å²) >= 11 is 0. The summed E-state index contributed by atoms with van der Waals surface area (Å²) in [5.41, 5.74) is 0. The Hall–Kier alpha value is -0.650. The van der Waals surface area contributed by atoms with E-state index in [2.05, 4.69) is 32.6 Å². The van der Waals surface area contributed by atoms with Gasteiger partial charge in [0, 0.05) is 13.7 Å². The first kappa shape index (κ1) is 21.6. The Kier molecular flexibility index (Phi) is 16.0. The average molecular weight is 291 g/mol. The molecule has 0 bridgehead atoms. The van der Waals surface area contributed by atoms with Crippen molar-refractivity contribution in [3.05, 3.63) is 0 Å². The van der Waals surface area contributed by atoms with Gasteiger partial charge in [0.15, 0.2) is 6.73 Å². The number of nitrogens with zero attached hydrogens (tertiary/aromatic N) is 1. The molecule has 0 aromatic carbocycles. The number of hydrogen-bond donors (Lipinski definition) is 0. The summed E-state index contributed by atoms with van der Waals surface area (Å²) in [4.78, 5) is 9.36. The first-order valence-corrected chi connectivity index (χ1v) is 7.55. The van der Waals surface area contributed by atoms with Crippen molar-refractivity contribution in [3.63, 3.8) is 0 Å². The normalized spacial score (nSPS) is 10.8. The van der Waals surface area contributed by atoms with Gasteiger partial charge in [-0.3, -0.25) is 0 Å². The fourth-order valence-electron chi connectivity index (χ4n) is 1.75. The Balaban J connectivity index is 0. The second-order valence-electron chi connectivity index (χ2n) is 5.20. The van der Waals surface area contributed by atoms with E-state index in [1.165, 1.54) is 45.9 Å². The van der Waals surface area contributed by atoms with Crippen molar-refractivity contribution < 1.29 is 23.9 Å². The minimum Gasteiger partial charge on any atom is -0.548 e. The lowest BCUT2D eigenvalue weighted by atomic mass is 10.2. The molecule has 0 unspecified atom stereocenters. The first-order valence-electron chi connectivity index (χ1n) is 7.55. The van der Waals surface area contributed by atoms with Crippen molar-refractivity contribution in [1.29, 1.82) is 0 Å². The number of unbranched alkanes of at least 4 members (excludes halogenated alkanes) is 2. The van der Waals surface area contributed by atoms with Crippen LogP contribution in [-0.4, -0.2) is 57.6 Å². The lowest BCUT2D eigenvalue weighted by Gasteiger charge is -2.34. The van der Waals surface area contributed by atoms with Crippen molar-refractivity contribution in [2.75, 3.05) is 47.2 Å². The van der Waals surface area contributed by atoms with E-state index in [9.17, 15) is 9.90 Å². The standard InChI is InChI=1S/C12H28NO.C3H6O3/c1-5-8-10-13(4,11-9-6-2)12-14-7-3;1-6-2-3(4)5/h5-12H2,1-4H3;2H2,1H3,(H,4,5)/q+1;/p-1. The highest BCUT2D eigenvalue weighted by Gasteiger charge is 2.19. The fourth-order valence-corrected chi connectivity index (χ4v) is 1.75. The van der Waals surface area contributed by atoms with Crippen LogP contribution in [0.1, 0.15) is 46.5 Å². The molecule has 0 aliphatic heterocycles. The van der Waals surface area contributed by atoms with Gasteiger partial charge < -0.3 is 23.9 Å². The number of ether oxygens (including phenoxy) is 2. The monoisotopic (exact) mass is 291 g/mol. The summed E-state index contributed by atoms with van der Waals surface area (Å²) in [5, 5.41) is 9.36. The summed E-state index contributed by atoms with van der Waals surface area (Å²) in [7, 11) is 3.62. The largest absolute Gasteiger partial charge is 0.548 e. The lowest BCUT2D eigenvalue weighted by Crippen LogP contribution is -2.47. The van der Waals surface area contributed by atoms with Crippen molar-refractivity contribution in [2.24, 2.45) is 0 Å². The van der Waals surface area contributed by atoms with Crippen LogP contribution < -0.4 is 5.11 Å². The molecule has 0 rings (SSSR count). The Morgan fingerprint density at radius 3 is 1.85 bits per heavy atom. The summed E-state index contributed by atoms with van der Waals surface area (Å²) in [6, 6.07) is 0.